The molecule has 0 aliphatic rings. The van der Waals surface area contributed by atoms with Crippen molar-refractivity contribution in [3.8, 4) is 0 Å². The summed E-state index contributed by atoms with van der Waals surface area (Å²) in [6.07, 6.45) is -4.79. The summed E-state index contributed by atoms with van der Waals surface area (Å²) in [5.74, 6) is -2.93. The third-order valence-electron chi connectivity index (χ3n) is 1.69. The van der Waals surface area contributed by atoms with Crippen molar-refractivity contribution in [1.29, 1.82) is 0 Å². The minimum Gasteiger partial charge on any atom is -0.618 e. The van der Waals surface area contributed by atoms with Gasteiger partial charge in [0.15, 0.2) is 6.20 Å². The summed E-state index contributed by atoms with van der Waals surface area (Å²) in [4.78, 5) is 10.9. The van der Waals surface area contributed by atoms with E-state index in [2.05, 4.69) is 4.74 Å². The highest BCUT2D eigenvalue weighted by atomic mass is 19.4. The van der Waals surface area contributed by atoms with Crippen molar-refractivity contribution in [2.45, 2.75) is 6.18 Å². The standard InChI is InChI=1S/C8H5F4NO3/c1-16-7(14)6-5(9)2-4(3-13(6)15)8(10,11)12/h2-3H,1H3. The van der Waals surface area contributed by atoms with E-state index in [1.807, 2.05) is 0 Å². The van der Waals surface area contributed by atoms with Crippen molar-refractivity contribution >= 4 is 5.97 Å². The van der Waals surface area contributed by atoms with E-state index in [4.69, 9.17) is 0 Å². The van der Waals surface area contributed by atoms with Crippen LogP contribution in [0.4, 0.5) is 17.6 Å². The molecule has 0 fully saturated rings. The van der Waals surface area contributed by atoms with Crippen molar-refractivity contribution in [3.63, 3.8) is 0 Å². The molecule has 1 aromatic heterocycles. The second kappa shape index (κ2) is 3.95. The monoisotopic (exact) mass is 239 g/mol. The van der Waals surface area contributed by atoms with Gasteiger partial charge in [-0.2, -0.15) is 22.3 Å². The normalized spacial score (nSPS) is 11.3. The molecule has 16 heavy (non-hydrogen) atoms. The van der Waals surface area contributed by atoms with E-state index in [1.54, 1.807) is 0 Å². The molecule has 8 heteroatoms. The number of alkyl halides is 3. The molecule has 1 aromatic rings. The van der Waals surface area contributed by atoms with Crippen molar-refractivity contribution in [2.75, 3.05) is 7.11 Å². The largest absolute Gasteiger partial charge is 0.618 e. The van der Waals surface area contributed by atoms with Crippen LogP contribution in [-0.2, 0) is 10.9 Å². The number of rotatable bonds is 1. The number of pyridine rings is 1. The van der Waals surface area contributed by atoms with Crippen LogP contribution in [0.2, 0.25) is 0 Å². The van der Waals surface area contributed by atoms with Crippen LogP contribution < -0.4 is 4.73 Å². The smallest absolute Gasteiger partial charge is 0.422 e. The van der Waals surface area contributed by atoms with Crippen LogP contribution in [-0.4, -0.2) is 13.1 Å². The fourth-order valence-electron chi connectivity index (χ4n) is 0.977. The minimum absolute atomic E-state index is 0.0562. The first kappa shape index (κ1) is 12.2. The zero-order valence-electron chi connectivity index (χ0n) is 7.84. The number of hydrogen-bond donors (Lipinski definition) is 0. The molecule has 0 saturated carbocycles. The number of nitrogens with zero attached hydrogens (tertiary/aromatic N) is 1. The van der Waals surface area contributed by atoms with Gasteiger partial charge in [0.2, 0.25) is 5.82 Å². The number of esters is 1. The van der Waals surface area contributed by atoms with Gasteiger partial charge in [-0.25, -0.2) is 4.79 Å². The molecule has 1 heterocycles. The topological polar surface area (TPSA) is 53.2 Å². The molecule has 4 nitrogen and oxygen atoms in total. The fraction of sp³-hybridized carbons (Fsp3) is 0.250. The maximum Gasteiger partial charge on any atom is 0.422 e. The molecule has 88 valence electrons. The minimum atomic E-state index is -4.86. The van der Waals surface area contributed by atoms with E-state index < -0.39 is 34.0 Å². The van der Waals surface area contributed by atoms with Gasteiger partial charge in [0.1, 0.15) is 5.56 Å². The lowest BCUT2D eigenvalue weighted by atomic mass is 10.2. The Labute approximate surface area is 86.6 Å². The Hall–Kier alpha value is -1.86. The third kappa shape index (κ3) is 2.20. The summed E-state index contributed by atoms with van der Waals surface area (Å²) < 4.78 is 53.0. The van der Waals surface area contributed by atoms with Gasteiger partial charge in [-0.05, 0) is 6.07 Å². The summed E-state index contributed by atoms with van der Waals surface area (Å²) in [5.41, 5.74) is -2.59. The predicted octanol–water partition coefficient (Wildman–Crippen LogP) is 1.26. The van der Waals surface area contributed by atoms with Crippen LogP contribution in [0.25, 0.3) is 0 Å². The average Bonchev–Trinajstić information content (AvgIpc) is 2.14. The molecule has 0 N–H and O–H groups in total. The van der Waals surface area contributed by atoms with Gasteiger partial charge >= 0.3 is 17.8 Å². The highest BCUT2D eigenvalue weighted by molar-refractivity contribution is 5.85. The van der Waals surface area contributed by atoms with Crippen LogP contribution >= 0.6 is 0 Å². The summed E-state index contributed by atoms with van der Waals surface area (Å²) in [6.45, 7) is 0. The third-order valence-corrected chi connectivity index (χ3v) is 1.69. The molecule has 0 saturated heterocycles. The van der Waals surface area contributed by atoms with Gasteiger partial charge < -0.3 is 9.94 Å². The molecule has 0 amide bonds. The maximum absolute atomic E-state index is 13.1. The molecule has 0 aromatic carbocycles. The lowest BCUT2D eigenvalue weighted by molar-refractivity contribution is -0.611. The first-order chi connectivity index (χ1) is 7.27. The van der Waals surface area contributed by atoms with Crippen molar-refractivity contribution < 1.29 is 31.8 Å². The zero-order valence-corrected chi connectivity index (χ0v) is 7.84. The summed E-state index contributed by atoms with van der Waals surface area (Å²) in [5, 5.41) is 11.0. The van der Waals surface area contributed by atoms with Crippen LogP contribution in [0.5, 0.6) is 0 Å². The number of methoxy groups -OCH3 is 1. The van der Waals surface area contributed by atoms with E-state index in [0.717, 1.165) is 7.11 Å². The molecule has 0 atom stereocenters. The number of aromatic nitrogens is 1. The molecule has 0 spiro atoms. The van der Waals surface area contributed by atoms with Gasteiger partial charge in [-0.15, -0.1) is 0 Å². The highest BCUT2D eigenvalue weighted by Crippen LogP contribution is 2.28. The molecule has 0 radical (unpaired) electrons. The van der Waals surface area contributed by atoms with Crippen molar-refractivity contribution in [1.82, 2.24) is 0 Å². The molecule has 0 aliphatic carbocycles. The first-order valence-corrected chi connectivity index (χ1v) is 3.85. The van der Waals surface area contributed by atoms with Crippen LogP contribution in [0.3, 0.4) is 0 Å². The molecule has 0 aliphatic heterocycles. The number of ether oxygens (including phenoxy) is 1. The summed E-state index contributed by atoms with van der Waals surface area (Å²) >= 11 is 0. The second-order valence-corrected chi connectivity index (χ2v) is 2.74. The number of halogens is 4. The summed E-state index contributed by atoms with van der Waals surface area (Å²) in [7, 11) is 0.874. The van der Waals surface area contributed by atoms with Gasteiger partial charge in [0.25, 0.3) is 0 Å². The Balaban J connectivity index is 3.34. The maximum atomic E-state index is 13.1. The Kier molecular flexibility index (Phi) is 3.02. The molecule has 0 bridgehead atoms. The Morgan fingerprint density at radius 1 is 1.50 bits per heavy atom. The Morgan fingerprint density at radius 3 is 2.44 bits per heavy atom. The molecular formula is C8H5F4NO3. The molecule has 1 rings (SSSR count). The van der Waals surface area contributed by atoms with Gasteiger partial charge in [-0.3, -0.25) is 0 Å². The van der Waals surface area contributed by atoms with Crippen LogP contribution in [0.15, 0.2) is 12.3 Å². The van der Waals surface area contributed by atoms with Gasteiger partial charge in [0, 0.05) is 0 Å². The van der Waals surface area contributed by atoms with Crippen molar-refractivity contribution in [3.05, 3.63) is 34.5 Å². The van der Waals surface area contributed by atoms with E-state index in [9.17, 15) is 27.6 Å². The molecular weight excluding hydrogens is 234 g/mol. The predicted molar refractivity (Wildman–Crippen MR) is 41.7 cm³/mol. The lowest BCUT2D eigenvalue weighted by Crippen LogP contribution is -2.38. The Morgan fingerprint density at radius 2 is 2.06 bits per heavy atom. The number of carbonyl (C=O) groups excluding carboxylic acids is 1. The second-order valence-electron chi connectivity index (χ2n) is 2.74. The molecule has 0 unspecified atom stereocenters. The van der Waals surface area contributed by atoms with E-state index >= 15 is 0 Å². The quantitative estimate of drug-likeness (QED) is 0.321. The van der Waals surface area contributed by atoms with Gasteiger partial charge in [-0.1, -0.05) is 0 Å². The van der Waals surface area contributed by atoms with E-state index in [0.29, 0.717) is 0 Å². The average molecular weight is 239 g/mol. The first-order valence-electron chi connectivity index (χ1n) is 3.85. The van der Waals surface area contributed by atoms with Crippen LogP contribution in [0, 0.1) is 11.0 Å². The number of carbonyl (C=O) groups is 1. The lowest BCUT2D eigenvalue weighted by Gasteiger charge is -2.08. The van der Waals surface area contributed by atoms with Crippen molar-refractivity contribution in [2.24, 2.45) is 0 Å². The SMILES string of the molecule is COC(=O)c1c(F)cc(C(F)(F)F)c[n+]1[O-]. The highest BCUT2D eigenvalue weighted by Gasteiger charge is 2.36. The fourth-order valence-corrected chi connectivity index (χ4v) is 0.977. The Bertz CT molecular complexity index is 407. The summed E-state index contributed by atoms with van der Waals surface area (Å²) in [6, 6.07) is 0.0562. The van der Waals surface area contributed by atoms with E-state index in [1.165, 1.54) is 0 Å². The van der Waals surface area contributed by atoms with Gasteiger partial charge in [0.05, 0.1) is 7.11 Å². The van der Waals surface area contributed by atoms with Crippen LogP contribution in [0.1, 0.15) is 16.1 Å². The van der Waals surface area contributed by atoms with E-state index in [-0.39, 0.29) is 12.3 Å². The zero-order chi connectivity index (χ0) is 12.5. The number of hydrogen-bond acceptors (Lipinski definition) is 3.